The molecule has 0 N–H and O–H groups in total. The molecule has 0 saturated carbocycles. The molecular formula is C37H45N3O6. The molecular weight excluding hydrogens is 582 g/mol. The Bertz CT molecular complexity index is 1470. The van der Waals surface area contributed by atoms with Crippen LogP contribution in [-0.4, -0.2) is 62.3 Å². The summed E-state index contributed by atoms with van der Waals surface area (Å²) in [5.41, 5.74) is 5.37. The Morgan fingerprint density at radius 1 is 0.978 bits per heavy atom. The first-order valence-electron chi connectivity index (χ1n) is 15.8. The Kier molecular flexibility index (Phi) is 14.7. The first-order valence-corrected chi connectivity index (χ1v) is 15.8. The van der Waals surface area contributed by atoms with Gasteiger partial charge in [-0.1, -0.05) is 75.8 Å². The number of ether oxygens (including phenoxy) is 3. The van der Waals surface area contributed by atoms with Gasteiger partial charge in [-0.25, -0.2) is 14.4 Å². The molecule has 2 aromatic rings. The number of nitrogens with zero attached hydrogens (tertiary/aromatic N) is 3. The average molecular weight is 628 g/mol. The standard InChI is InChI=1S/C37H45N3O6/c1-6-8-28-10-12-29(13-11-28)14-21-35(41)44-23-22-40(5)33-19-17-31(18-20-33)38-39-32-16-15-30(9-7-2)34(26-32)37(43)46-25-24-45-36(42)27(3)4/h10-17,19-21,26,31H,3,6-9,18,22-25H2,1-2,4-5H3/b21-14+,39-38?. The highest BCUT2D eigenvalue weighted by atomic mass is 16.6. The number of hydrogen-bond donors (Lipinski definition) is 0. The Hall–Kier alpha value is -4.79. The van der Waals surface area contributed by atoms with Crippen LogP contribution in [0, 0.1) is 0 Å². The van der Waals surface area contributed by atoms with Crippen molar-refractivity contribution in [1.82, 2.24) is 4.90 Å². The molecule has 1 unspecified atom stereocenters. The molecule has 3 rings (SSSR count). The number of allylic oxidation sites excluding steroid dienone is 1. The van der Waals surface area contributed by atoms with Gasteiger partial charge in [0.1, 0.15) is 19.8 Å². The highest BCUT2D eigenvalue weighted by Crippen LogP contribution is 2.23. The largest absolute Gasteiger partial charge is 0.461 e. The van der Waals surface area contributed by atoms with E-state index in [2.05, 4.69) is 41.9 Å². The maximum Gasteiger partial charge on any atom is 0.338 e. The van der Waals surface area contributed by atoms with E-state index in [0.717, 1.165) is 36.1 Å². The lowest BCUT2D eigenvalue weighted by Crippen LogP contribution is -2.24. The molecule has 46 heavy (non-hydrogen) atoms. The van der Waals surface area contributed by atoms with E-state index in [4.69, 9.17) is 14.2 Å². The van der Waals surface area contributed by atoms with Gasteiger partial charge in [0.25, 0.3) is 0 Å². The van der Waals surface area contributed by atoms with Crippen molar-refractivity contribution < 1.29 is 28.6 Å². The highest BCUT2D eigenvalue weighted by Gasteiger charge is 2.15. The zero-order valence-corrected chi connectivity index (χ0v) is 27.4. The minimum atomic E-state index is -0.524. The van der Waals surface area contributed by atoms with Gasteiger partial charge < -0.3 is 19.1 Å². The third kappa shape index (κ3) is 12.0. The topological polar surface area (TPSA) is 107 Å². The number of aryl methyl sites for hydroxylation is 2. The zero-order chi connectivity index (χ0) is 33.3. The molecule has 1 atom stereocenters. The van der Waals surface area contributed by atoms with E-state index in [-0.39, 0.29) is 37.4 Å². The Labute approximate surface area is 272 Å². The van der Waals surface area contributed by atoms with E-state index >= 15 is 0 Å². The number of azo groups is 1. The second-order valence-corrected chi connectivity index (χ2v) is 11.1. The number of esters is 3. The van der Waals surface area contributed by atoms with Crippen LogP contribution in [0.25, 0.3) is 6.08 Å². The van der Waals surface area contributed by atoms with Crippen LogP contribution in [0.4, 0.5) is 5.69 Å². The number of likely N-dealkylation sites (N-methyl/N-ethyl adjacent to an activating group) is 1. The first kappa shape index (κ1) is 35.7. The van der Waals surface area contributed by atoms with E-state index in [9.17, 15) is 14.4 Å². The second kappa shape index (κ2) is 18.9. The van der Waals surface area contributed by atoms with Crippen LogP contribution < -0.4 is 0 Å². The maximum absolute atomic E-state index is 12.8. The molecule has 0 bridgehead atoms. The number of benzene rings is 2. The summed E-state index contributed by atoms with van der Waals surface area (Å²) >= 11 is 0. The molecule has 244 valence electrons. The summed E-state index contributed by atoms with van der Waals surface area (Å²) in [6.07, 6.45) is 13.6. The average Bonchev–Trinajstić information content (AvgIpc) is 3.06. The molecule has 0 saturated heterocycles. The van der Waals surface area contributed by atoms with Crippen molar-refractivity contribution in [2.45, 2.75) is 58.9 Å². The van der Waals surface area contributed by atoms with Crippen LogP contribution in [0.3, 0.4) is 0 Å². The first-order chi connectivity index (χ1) is 22.2. The van der Waals surface area contributed by atoms with E-state index in [1.54, 1.807) is 19.1 Å². The fourth-order valence-corrected chi connectivity index (χ4v) is 4.59. The van der Waals surface area contributed by atoms with E-state index in [1.165, 1.54) is 11.6 Å². The summed E-state index contributed by atoms with van der Waals surface area (Å²) in [5.74, 6) is -1.40. The fourth-order valence-electron chi connectivity index (χ4n) is 4.59. The Balaban J connectivity index is 1.46. The predicted octanol–water partition coefficient (Wildman–Crippen LogP) is 7.35. The molecule has 0 fully saturated rings. The number of hydrogen-bond acceptors (Lipinski definition) is 9. The third-order valence-corrected chi connectivity index (χ3v) is 7.15. The molecule has 0 heterocycles. The molecule has 1 aliphatic rings. The monoisotopic (exact) mass is 627 g/mol. The van der Waals surface area contributed by atoms with E-state index in [0.29, 0.717) is 30.6 Å². The SMILES string of the molecule is C=C(C)C(=O)OCCOC(=O)c1cc(N=NC2C=CC(N(C)CCOC(=O)/C=C/c3ccc(CCC)cc3)=CC2)ccc1CCC. The van der Waals surface area contributed by atoms with Gasteiger partial charge in [-0.05, 0) is 67.2 Å². The zero-order valence-electron chi connectivity index (χ0n) is 27.4. The quantitative estimate of drug-likeness (QED) is 0.0593. The van der Waals surface area contributed by atoms with Crippen LogP contribution >= 0.6 is 0 Å². The van der Waals surface area contributed by atoms with Gasteiger partial charge in [0.2, 0.25) is 0 Å². The van der Waals surface area contributed by atoms with Crippen molar-refractivity contribution in [2.24, 2.45) is 10.2 Å². The summed E-state index contributed by atoms with van der Waals surface area (Å²) in [7, 11) is 1.95. The smallest absolute Gasteiger partial charge is 0.338 e. The summed E-state index contributed by atoms with van der Waals surface area (Å²) in [6, 6.07) is 13.4. The van der Waals surface area contributed by atoms with Crippen LogP contribution in [0.5, 0.6) is 0 Å². The summed E-state index contributed by atoms with van der Waals surface area (Å²) in [5, 5.41) is 8.84. The van der Waals surface area contributed by atoms with Crippen molar-refractivity contribution in [2.75, 3.05) is 33.4 Å². The van der Waals surface area contributed by atoms with Crippen molar-refractivity contribution >= 4 is 29.7 Å². The third-order valence-electron chi connectivity index (χ3n) is 7.15. The normalized spacial score (nSPS) is 14.3. The molecule has 0 amide bonds. The second-order valence-electron chi connectivity index (χ2n) is 11.1. The highest BCUT2D eigenvalue weighted by molar-refractivity contribution is 5.92. The van der Waals surface area contributed by atoms with Gasteiger partial charge >= 0.3 is 17.9 Å². The Morgan fingerprint density at radius 3 is 2.39 bits per heavy atom. The lowest BCUT2D eigenvalue weighted by Gasteiger charge is -2.23. The number of carbonyl (C=O) groups excluding carboxylic acids is 3. The molecule has 0 aliphatic heterocycles. The predicted molar refractivity (Wildman–Crippen MR) is 180 cm³/mol. The van der Waals surface area contributed by atoms with E-state index in [1.807, 2.05) is 55.3 Å². The minimum absolute atomic E-state index is 0.0458. The van der Waals surface area contributed by atoms with Crippen molar-refractivity contribution in [3.8, 4) is 0 Å². The van der Waals surface area contributed by atoms with Gasteiger partial charge in [-0.3, -0.25) is 0 Å². The molecule has 0 spiro atoms. The lowest BCUT2D eigenvalue weighted by atomic mass is 10.0. The van der Waals surface area contributed by atoms with Gasteiger partial charge in [0.05, 0.1) is 23.8 Å². The van der Waals surface area contributed by atoms with Crippen LogP contribution in [0.15, 0.2) is 94.8 Å². The van der Waals surface area contributed by atoms with Crippen LogP contribution in [0.2, 0.25) is 0 Å². The molecule has 9 nitrogen and oxygen atoms in total. The summed E-state index contributed by atoms with van der Waals surface area (Å²) < 4.78 is 15.7. The van der Waals surface area contributed by atoms with Gasteiger partial charge in [-0.2, -0.15) is 10.2 Å². The van der Waals surface area contributed by atoms with Crippen molar-refractivity contribution in [3.05, 3.63) is 107 Å². The minimum Gasteiger partial charge on any atom is -0.461 e. The van der Waals surface area contributed by atoms with Gasteiger partial charge in [-0.15, -0.1) is 0 Å². The van der Waals surface area contributed by atoms with Gasteiger partial charge in [0, 0.05) is 24.4 Å². The maximum atomic E-state index is 12.8. The molecule has 0 aromatic heterocycles. The van der Waals surface area contributed by atoms with Crippen LogP contribution in [-0.2, 0) is 36.6 Å². The molecule has 0 radical (unpaired) electrons. The van der Waals surface area contributed by atoms with Crippen molar-refractivity contribution in [1.29, 1.82) is 0 Å². The van der Waals surface area contributed by atoms with Gasteiger partial charge in [0.15, 0.2) is 0 Å². The number of rotatable bonds is 17. The molecule has 2 aromatic carbocycles. The van der Waals surface area contributed by atoms with Crippen molar-refractivity contribution in [3.63, 3.8) is 0 Å². The fraction of sp³-hybridized carbons (Fsp3) is 0.378. The number of carbonyl (C=O) groups is 3. The summed E-state index contributed by atoms with van der Waals surface area (Å²) in [6.45, 7) is 9.98. The summed E-state index contributed by atoms with van der Waals surface area (Å²) in [4.78, 5) is 38.5. The van der Waals surface area contributed by atoms with Crippen LogP contribution in [0.1, 0.15) is 67.1 Å². The molecule has 1 aliphatic carbocycles. The Morgan fingerprint density at radius 2 is 1.72 bits per heavy atom. The molecule has 9 heteroatoms. The van der Waals surface area contributed by atoms with E-state index < -0.39 is 11.9 Å². The lowest BCUT2D eigenvalue weighted by molar-refractivity contribution is -0.140.